The fourth-order valence-corrected chi connectivity index (χ4v) is 2.11. The smallest absolute Gasteiger partial charge is 0.164 e. The van der Waals surface area contributed by atoms with Gasteiger partial charge in [-0.1, -0.05) is 11.6 Å². The number of rotatable bonds is 1. The molecular formula is C9H14ClN3S. The number of likely N-dealkylation sites (tertiary alicyclic amines) is 1. The van der Waals surface area contributed by atoms with Crippen molar-refractivity contribution >= 4 is 24.2 Å². The Kier molecular flexibility index (Phi) is 3.04. The molecule has 0 aliphatic carbocycles. The lowest BCUT2D eigenvalue weighted by atomic mass is 10.1. The van der Waals surface area contributed by atoms with Gasteiger partial charge in [0.1, 0.15) is 0 Å². The summed E-state index contributed by atoms with van der Waals surface area (Å²) in [6.07, 6.45) is 4.20. The summed E-state index contributed by atoms with van der Waals surface area (Å²) in [6, 6.07) is 0.490. The van der Waals surface area contributed by atoms with Crippen LogP contribution in [0.25, 0.3) is 0 Å². The van der Waals surface area contributed by atoms with Crippen LogP contribution in [0.3, 0.4) is 0 Å². The van der Waals surface area contributed by atoms with E-state index in [9.17, 15) is 0 Å². The van der Waals surface area contributed by atoms with Crippen LogP contribution in [0, 0.1) is 0 Å². The van der Waals surface area contributed by atoms with E-state index in [2.05, 4.69) is 29.7 Å². The normalized spacial score (nSPS) is 20.2. The van der Waals surface area contributed by atoms with Crippen molar-refractivity contribution in [1.82, 2.24) is 14.7 Å². The van der Waals surface area contributed by atoms with Gasteiger partial charge in [0.2, 0.25) is 0 Å². The minimum Gasteiger partial charge on any atom is -0.306 e. The number of thiol groups is 1. The summed E-state index contributed by atoms with van der Waals surface area (Å²) < 4.78 is 1.96. The van der Waals surface area contributed by atoms with Crippen molar-refractivity contribution in [2.24, 2.45) is 0 Å². The number of aromatic nitrogens is 2. The minimum absolute atomic E-state index is 0.490. The molecule has 1 aliphatic rings. The molecule has 0 atom stereocenters. The average Bonchev–Trinajstić information content (AvgIpc) is 2.48. The van der Waals surface area contributed by atoms with E-state index in [1.54, 1.807) is 0 Å². The predicted octanol–water partition coefficient (Wildman–Crippen LogP) is 2.09. The predicted molar refractivity (Wildman–Crippen MR) is 60.3 cm³/mol. The Bertz CT molecular complexity index is 298. The highest BCUT2D eigenvalue weighted by molar-refractivity contribution is 7.80. The fourth-order valence-electron chi connectivity index (χ4n) is 1.81. The molecule has 0 amide bonds. The summed E-state index contributed by atoms with van der Waals surface area (Å²) in [5.74, 6) is 0. The van der Waals surface area contributed by atoms with Crippen LogP contribution in [0.5, 0.6) is 0 Å². The molecule has 78 valence electrons. The van der Waals surface area contributed by atoms with Crippen molar-refractivity contribution in [3.63, 3.8) is 0 Å². The Morgan fingerprint density at radius 3 is 2.64 bits per heavy atom. The molecular weight excluding hydrogens is 218 g/mol. The van der Waals surface area contributed by atoms with Gasteiger partial charge in [-0.25, -0.2) is 0 Å². The molecule has 2 heterocycles. The molecule has 0 bridgehead atoms. The maximum atomic E-state index is 5.86. The molecule has 1 aromatic rings. The zero-order valence-corrected chi connectivity index (χ0v) is 9.80. The lowest BCUT2D eigenvalue weighted by Gasteiger charge is -2.28. The lowest BCUT2D eigenvalue weighted by Crippen LogP contribution is -2.31. The van der Waals surface area contributed by atoms with Crippen LogP contribution in [0.4, 0.5) is 0 Å². The van der Waals surface area contributed by atoms with Crippen molar-refractivity contribution < 1.29 is 0 Å². The number of hydrogen-bond acceptors (Lipinski definition) is 3. The maximum absolute atomic E-state index is 5.86. The number of hydrogen-bond donors (Lipinski definition) is 1. The zero-order chi connectivity index (χ0) is 10.1. The van der Waals surface area contributed by atoms with Crippen LogP contribution < -0.4 is 0 Å². The monoisotopic (exact) mass is 231 g/mol. The first-order valence-corrected chi connectivity index (χ1v) is 5.61. The van der Waals surface area contributed by atoms with E-state index >= 15 is 0 Å². The second kappa shape index (κ2) is 4.13. The molecule has 0 N–H and O–H groups in total. The van der Waals surface area contributed by atoms with Gasteiger partial charge >= 0.3 is 0 Å². The third-order valence-corrected chi connectivity index (χ3v) is 3.47. The Labute approximate surface area is 94.4 Å². The fraction of sp³-hybridized carbons (Fsp3) is 0.667. The van der Waals surface area contributed by atoms with Crippen LogP contribution in [0.1, 0.15) is 18.9 Å². The molecule has 3 nitrogen and oxygen atoms in total. The van der Waals surface area contributed by atoms with E-state index in [1.807, 2.05) is 10.9 Å². The molecule has 1 aromatic heterocycles. The molecule has 0 spiro atoms. The second-order valence-corrected chi connectivity index (χ2v) is 4.66. The molecule has 0 aromatic carbocycles. The first kappa shape index (κ1) is 10.3. The molecule has 0 saturated carbocycles. The van der Waals surface area contributed by atoms with Gasteiger partial charge in [0.05, 0.1) is 10.9 Å². The van der Waals surface area contributed by atoms with E-state index < -0.39 is 0 Å². The van der Waals surface area contributed by atoms with Crippen LogP contribution in [-0.4, -0.2) is 34.8 Å². The Hall–Kier alpha value is -0.190. The molecule has 1 fully saturated rings. The van der Waals surface area contributed by atoms with Crippen LogP contribution in [0.15, 0.2) is 11.1 Å². The molecule has 0 radical (unpaired) electrons. The highest BCUT2D eigenvalue weighted by Crippen LogP contribution is 2.25. The summed E-state index contributed by atoms with van der Waals surface area (Å²) in [4.78, 5) is 3.11. The van der Waals surface area contributed by atoms with Crippen molar-refractivity contribution in [2.45, 2.75) is 23.8 Å². The van der Waals surface area contributed by atoms with Gasteiger partial charge < -0.3 is 4.90 Å². The van der Waals surface area contributed by atoms with Gasteiger partial charge in [-0.15, -0.1) is 12.6 Å². The van der Waals surface area contributed by atoms with Crippen molar-refractivity contribution in [1.29, 1.82) is 0 Å². The second-order valence-electron chi connectivity index (χ2n) is 3.82. The standard InChI is InChI=1S/C9H14ClN3S/c1-12-4-2-7(3-5-12)13-6-8(14)9(10)11-13/h6-7,14H,2-5H2,1H3. The first-order chi connectivity index (χ1) is 6.66. The maximum Gasteiger partial charge on any atom is 0.164 e. The van der Waals surface area contributed by atoms with Gasteiger partial charge in [0, 0.05) is 6.20 Å². The van der Waals surface area contributed by atoms with Crippen molar-refractivity contribution in [3.8, 4) is 0 Å². The van der Waals surface area contributed by atoms with E-state index in [1.165, 1.54) is 0 Å². The van der Waals surface area contributed by atoms with Gasteiger partial charge in [0.15, 0.2) is 5.15 Å². The van der Waals surface area contributed by atoms with Crippen molar-refractivity contribution in [3.05, 3.63) is 11.3 Å². The van der Waals surface area contributed by atoms with Gasteiger partial charge in [-0.05, 0) is 33.0 Å². The SMILES string of the molecule is CN1CCC(n2cc(S)c(Cl)n2)CC1. The van der Waals surface area contributed by atoms with Gasteiger partial charge in [0.25, 0.3) is 0 Å². The molecule has 14 heavy (non-hydrogen) atoms. The molecule has 1 saturated heterocycles. The minimum atomic E-state index is 0.490. The third-order valence-electron chi connectivity index (χ3n) is 2.73. The summed E-state index contributed by atoms with van der Waals surface area (Å²) in [6.45, 7) is 2.26. The number of halogens is 1. The van der Waals surface area contributed by atoms with Crippen LogP contribution in [0.2, 0.25) is 5.15 Å². The Morgan fingerprint density at radius 2 is 2.14 bits per heavy atom. The Morgan fingerprint density at radius 1 is 1.50 bits per heavy atom. The van der Waals surface area contributed by atoms with E-state index in [-0.39, 0.29) is 0 Å². The third kappa shape index (κ3) is 2.07. The molecule has 0 unspecified atom stereocenters. The summed E-state index contributed by atoms with van der Waals surface area (Å²) in [5, 5.41) is 4.75. The largest absolute Gasteiger partial charge is 0.306 e. The number of nitrogens with zero attached hydrogens (tertiary/aromatic N) is 3. The quantitative estimate of drug-likeness (QED) is 0.748. The highest BCUT2D eigenvalue weighted by Gasteiger charge is 2.19. The summed E-state index contributed by atoms with van der Waals surface area (Å²) in [5.41, 5.74) is 0. The van der Waals surface area contributed by atoms with Crippen molar-refractivity contribution in [2.75, 3.05) is 20.1 Å². The molecule has 5 heteroatoms. The average molecular weight is 232 g/mol. The first-order valence-electron chi connectivity index (χ1n) is 4.79. The number of piperidine rings is 1. The summed E-state index contributed by atoms with van der Waals surface area (Å²) >= 11 is 10.1. The van der Waals surface area contributed by atoms with Crippen LogP contribution in [-0.2, 0) is 0 Å². The van der Waals surface area contributed by atoms with Gasteiger partial charge in [-0.3, -0.25) is 4.68 Å². The van der Waals surface area contributed by atoms with E-state index in [4.69, 9.17) is 11.6 Å². The topological polar surface area (TPSA) is 21.1 Å². The van der Waals surface area contributed by atoms with Crippen LogP contribution >= 0.6 is 24.2 Å². The highest BCUT2D eigenvalue weighted by atomic mass is 35.5. The van der Waals surface area contributed by atoms with Gasteiger partial charge in [-0.2, -0.15) is 5.10 Å². The molecule has 1 aliphatic heterocycles. The van der Waals surface area contributed by atoms with E-state index in [0.29, 0.717) is 11.2 Å². The summed E-state index contributed by atoms with van der Waals surface area (Å²) in [7, 11) is 2.15. The Balaban J connectivity index is 2.08. The zero-order valence-electron chi connectivity index (χ0n) is 8.15. The lowest BCUT2D eigenvalue weighted by molar-refractivity contribution is 0.212. The molecule has 2 rings (SSSR count). The van der Waals surface area contributed by atoms with E-state index in [0.717, 1.165) is 30.8 Å².